The minimum Gasteiger partial charge on any atom is -0.381 e. The quantitative estimate of drug-likeness (QED) is 0.387. The largest absolute Gasteiger partial charge is 0.381 e. The van der Waals surface area contributed by atoms with E-state index in [2.05, 4.69) is 37.6 Å². The van der Waals surface area contributed by atoms with Crippen LogP contribution in [-0.4, -0.2) is 34.8 Å². The molecule has 2 aromatic carbocycles. The Kier molecular flexibility index (Phi) is 6.63. The van der Waals surface area contributed by atoms with E-state index >= 15 is 0 Å². The summed E-state index contributed by atoms with van der Waals surface area (Å²) in [6, 6.07) is 16.8. The molecular formula is C25H25ClFN5OS. The van der Waals surface area contributed by atoms with Crippen LogP contribution in [0.5, 0.6) is 0 Å². The average Bonchev–Trinajstić information content (AvgIpc) is 3.28. The second-order valence-electron chi connectivity index (χ2n) is 8.70. The zero-order valence-corrected chi connectivity index (χ0v) is 20.1. The van der Waals surface area contributed by atoms with Crippen molar-refractivity contribution in [3.05, 3.63) is 82.3 Å². The first-order valence-electron chi connectivity index (χ1n) is 11.3. The van der Waals surface area contributed by atoms with Crippen LogP contribution in [0.2, 0.25) is 5.15 Å². The number of benzene rings is 2. The number of rotatable bonds is 5. The van der Waals surface area contributed by atoms with E-state index in [1.807, 2.05) is 24.3 Å². The molecule has 1 aromatic heterocycles. The van der Waals surface area contributed by atoms with E-state index < -0.39 is 0 Å². The molecule has 2 aliphatic rings. The lowest BCUT2D eigenvalue weighted by atomic mass is 9.74. The van der Waals surface area contributed by atoms with Gasteiger partial charge in [0.05, 0.1) is 0 Å². The molecule has 3 aromatic rings. The number of ether oxygens (including phenoxy) is 1. The molecule has 3 heterocycles. The molecule has 0 aliphatic carbocycles. The summed E-state index contributed by atoms with van der Waals surface area (Å²) in [4.78, 5) is 11.1. The van der Waals surface area contributed by atoms with Crippen molar-refractivity contribution in [1.29, 1.82) is 0 Å². The van der Waals surface area contributed by atoms with Crippen LogP contribution in [0.1, 0.15) is 29.5 Å². The molecule has 6 nitrogen and oxygen atoms in total. The molecule has 9 heteroatoms. The summed E-state index contributed by atoms with van der Waals surface area (Å²) in [6.45, 7) is 3.43. The van der Waals surface area contributed by atoms with Gasteiger partial charge in [-0.25, -0.2) is 9.37 Å². The highest BCUT2D eigenvalue weighted by molar-refractivity contribution is 7.80. The summed E-state index contributed by atoms with van der Waals surface area (Å²) in [5, 5.41) is 7.15. The number of fused-ring (bicyclic) bond motifs is 1. The van der Waals surface area contributed by atoms with E-state index in [1.165, 1.54) is 23.3 Å². The fourth-order valence-corrected chi connectivity index (χ4v) is 4.99. The standard InChI is InChI=1S/C25H25ClFN5OS/c26-21-13-22(32-14-17-3-1-2-4-18(17)15-32)30-23(29-21)31-24(34)28-16-25(9-11-33-12-10-25)19-5-7-20(27)8-6-19/h1-8,13H,9-12,14-16H2,(H2,28,29,30,31,34). The lowest BCUT2D eigenvalue weighted by Gasteiger charge is -2.38. The molecule has 1 saturated heterocycles. The van der Waals surface area contributed by atoms with Gasteiger partial charge in [-0.15, -0.1) is 0 Å². The molecule has 176 valence electrons. The summed E-state index contributed by atoms with van der Waals surface area (Å²) < 4.78 is 19.1. The number of aromatic nitrogens is 2. The van der Waals surface area contributed by atoms with Gasteiger partial charge in [-0.2, -0.15) is 4.98 Å². The zero-order valence-electron chi connectivity index (χ0n) is 18.6. The number of anilines is 2. The molecule has 0 radical (unpaired) electrons. The van der Waals surface area contributed by atoms with Gasteiger partial charge in [0.2, 0.25) is 5.95 Å². The first kappa shape index (κ1) is 23.0. The van der Waals surface area contributed by atoms with Crippen molar-refractivity contribution in [2.45, 2.75) is 31.3 Å². The average molecular weight is 498 g/mol. The molecule has 34 heavy (non-hydrogen) atoms. The summed E-state index contributed by atoms with van der Waals surface area (Å²) in [6.07, 6.45) is 1.64. The van der Waals surface area contributed by atoms with Gasteiger partial charge in [-0.05, 0) is 53.9 Å². The first-order valence-corrected chi connectivity index (χ1v) is 12.0. The predicted molar refractivity (Wildman–Crippen MR) is 136 cm³/mol. The molecule has 0 atom stereocenters. The van der Waals surface area contributed by atoms with Crippen LogP contribution in [0.15, 0.2) is 54.6 Å². The molecule has 0 bridgehead atoms. The van der Waals surface area contributed by atoms with Gasteiger partial charge in [0, 0.05) is 44.3 Å². The highest BCUT2D eigenvalue weighted by Crippen LogP contribution is 2.34. The topological polar surface area (TPSA) is 62.3 Å². The van der Waals surface area contributed by atoms with E-state index in [0.717, 1.165) is 37.3 Å². The Morgan fingerprint density at radius 1 is 1.06 bits per heavy atom. The van der Waals surface area contributed by atoms with E-state index in [-0.39, 0.29) is 11.2 Å². The Hall–Kier alpha value is -2.81. The number of halogens is 2. The third-order valence-corrected chi connectivity index (χ3v) is 7.01. The summed E-state index contributed by atoms with van der Waals surface area (Å²) in [5.41, 5.74) is 3.44. The Balaban J connectivity index is 1.27. The Morgan fingerprint density at radius 2 is 1.74 bits per heavy atom. The maximum atomic E-state index is 13.5. The summed E-state index contributed by atoms with van der Waals surface area (Å²) in [7, 11) is 0. The van der Waals surface area contributed by atoms with E-state index in [0.29, 0.717) is 36.0 Å². The van der Waals surface area contributed by atoms with E-state index in [4.69, 9.17) is 28.6 Å². The minimum absolute atomic E-state index is 0.195. The van der Waals surface area contributed by atoms with Gasteiger partial charge in [0.15, 0.2) is 5.11 Å². The fraction of sp³-hybridized carbons (Fsp3) is 0.320. The van der Waals surface area contributed by atoms with Crippen molar-refractivity contribution >= 4 is 40.7 Å². The van der Waals surface area contributed by atoms with Crippen molar-refractivity contribution in [2.75, 3.05) is 30.0 Å². The van der Waals surface area contributed by atoms with Crippen LogP contribution in [-0.2, 0) is 23.2 Å². The second kappa shape index (κ2) is 9.82. The first-order chi connectivity index (χ1) is 16.5. The molecule has 5 rings (SSSR count). The van der Waals surface area contributed by atoms with Crippen molar-refractivity contribution in [3.63, 3.8) is 0 Å². The zero-order chi connectivity index (χ0) is 23.5. The minimum atomic E-state index is -0.244. The molecule has 0 unspecified atom stereocenters. The monoisotopic (exact) mass is 497 g/mol. The molecule has 0 spiro atoms. The fourth-order valence-electron chi connectivity index (χ4n) is 4.65. The van der Waals surface area contributed by atoms with E-state index in [1.54, 1.807) is 6.07 Å². The van der Waals surface area contributed by atoms with Crippen LogP contribution < -0.4 is 15.5 Å². The highest BCUT2D eigenvalue weighted by atomic mass is 35.5. The summed E-state index contributed by atoms with van der Waals surface area (Å²) >= 11 is 11.9. The van der Waals surface area contributed by atoms with Crippen molar-refractivity contribution in [2.24, 2.45) is 0 Å². The third kappa shape index (κ3) is 4.99. The Bertz CT molecular complexity index is 1160. The van der Waals surface area contributed by atoms with Gasteiger partial charge in [-0.1, -0.05) is 48.0 Å². The summed E-state index contributed by atoms with van der Waals surface area (Å²) in [5.74, 6) is 0.846. The third-order valence-electron chi connectivity index (χ3n) is 6.57. The number of thiocarbonyl (C=S) groups is 1. The SMILES string of the molecule is Fc1ccc(C2(CNC(=S)Nc3nc(Cl)cc(N4Cc5ccccc5C4)n3)CCOCC2)cc1. The Morgan fingerprint density at radius 3 is 2.41 bits per heavy atom. The van der Waals surface area contributed by atoms with Gasteiger partial charge < -0.3 is 20.3 Å². The van der Waals surface area contributed by atoms with Gasteiger partial charge in [0.25, 0.3) is 0 Å². The lowest BCUT2D eigenvalue weighted by Crippen LogP contribution is -2.45. The van der Waals surface area contributed by atoms with Crippen LogP contribution in [0.4, 0.5) is 16.2 Å². The van der Waals surface area contributed by atoms with Gasteiger partial charge in [-0.3, -0.25) is 0 Å². The smallest absolute Gasteiger partial charge is 0.232 e. The van der Waals surface area contributed by atoms with Crippen LogP contribution in [0.3, 0.4) is 0 Å². The van der Waals surface area contributed by atoms with Crippen LogP contribution in [0, 0.1) is 5.82 Å². The predicted octanol–water partition coefficient (Wildman–Crippen LogP) is 4.82. The molecule has 1 fully saturated rings. The highest BCUT2D eigenvalue weighted by Gasteiger charge is 2.34. The lowest BCUT2D eigenvalue weighted by molar-refractivity contribution is 0.0515. The molecule has 2 N–H and O–H groups in total. The van der Waals surface area contributed by atoms with Crippen molar-refractivity contribution in [3.8, 4) is 0 Å². The van der Waals surface area contributed by atoms with Crippen LogP contribution in [0.25, 0.3) is 0 Å². The normalized spacial score (nSPS) is 16.7. The molecule has 2 aliphatic heterocycles. The number of nitrogens with one attached hydrogen (secondary N) is 2. The Labute approximate surface area is 208 Å². The number of hydrogen-bond acceptors (Lipinski definition) is 5. The van der Waals surface area contributed by atoms with Gasteiger partial charge >= 0.3 is 0 Å². The maximum Gasteiger partial charge on any atom is 0.232 e. The van der Waals surface area contributed by atoms with Crippen molar-refractivity contribution < 1.29 is 9.13 Å². The van der Waals surface area contributed by atoms with E-state index in [9.17, 15) is 4.39 Å². The van der Waals surface area contributed by atoms with Crippen molar-refractivity contribution in [1.82, 2.24) is 15.3 Å². The van der Waals surface area contributed by atoms with Gasteiger partial charge in [0.1, 0.15) is 16.8 Å². The van der Waals surface area contributed by atoms with Crippen LogP contribution >= 0.6 is 23.8 Å². The number of nitrogens with zero attached hydrogens (tertiary/aromatic N) is 3. The molecule has 0 saturated carbocycles. The number of hydrogen-bond donors (Lipinski definition) is 2. The molecule has 0 amide bonds. The maximum absolute atomic E-state index is 13.5. The second-order valence-corrected chi connectivity index (χ2v) is 9.50. The molecular weight excluding hydrogens is 473 g/mol.